The van der Waals surface area contributed by atoms with E-state index in [0.717, 1.165) is 25.7 Å². The number of hydrogen-bond donors (Lipinski definition) is 1. The lowest BCUT2D eigenvalue weighted by Crippen LogP contribution is -2.68. The number of hydrogen-bond acceptors (Lipinski definition) is 4. The molecule has 4 aliphatic rings. The first-order chi connectivity index (χ1) is 21.8. The van der Waals surface area contributed by atoms with E-state index in [4.69, 9.17) is 9.16 Å². The Morgan fingerprint density at radius 3 is 2.07 bits per heavy atom. The molecule has 1 unspecified atom stereocenters. The molecule has 252 valence electrons. The summed E-state index contributed by atoms with van der Waals surface area (Å²) in [6.45, 7) is 14.6. The Hall–Kier alpha value is -1.95. The predicted octanol–water partition coefficient (Wildman–Crippen LogP) is 8.15. The van der Waals surface area contributed by atoms with Crippen molar-refractivity contribution in [2.24, 2.45) is 46.3 Å². The Balaban J connectivity index is 1.23. The smallest absolute Gasteiger partial charge is 0.305 e. The third-order valence-electron chi connectivity index (χ3n) is 14.2. The number of carbonyl (C=O) groups is 1. The molecular weight excluding hydrogens is 585 g/mol. The fraction of sp³-hybridized carbons (Fsp3) is 0.683. The molecule has 0 saturated heterocycles. The first kappa shape index (κ1) is 33.9. The molecule has 6 rings (SSSR count). The summed E-state index contributed by atoms with van der Waals surface area (Å²) in [4.78, 5) is 11.9. The van der Waals surface area contributed by atoms with Gasteiger partial charge in [-0.2, -0.15) is 0 Å². The number of benzene rings is 2. The van der Waals surface area contributed by atoms with E-state index in [1.165, 1.54) is 49.6 Å². The Labute approximate surface area is 280 Å². The van der Waals surface area contributed by atoms with Crippen LogP contribution in [0.4, 0.5) is 0 Å². The maximum absolute atomic E-state index is 12.1. The minimum absolute atomic E-state index is 0.0333. The zero-order valence-electron chi connectivity index (χ0n) is 29.6. The molecule has 46 heavy (non-hydrogen) atoms. The van der Waals surface area contributed by atoms with Crippen LogP contribution in [-0.4, -0.2) is 38.7 Å². The Bertz CT molecular complexity index is 1300. The summed E-state index contributed by atoms with van der Waals surface area (Å²) >= 11 is 0. The molecule has 2 aromatic rings. The van der Waals surface area contributed by atoms with Crippen LogP contribution < -0.4 is 10.4 Å². The number of esters is 1. The quantitative estimate of drug-likeness (QED) is 0.233. The van der Waals surface area contributed by atoms with Crippen LogP contribution in [0.5, 0.6) is 0 Å². The number of fused-ring (bicyclic) bond motifs is 5. The van der Waals surface area contributed by atoms with Gasteiger partial charge in [0, 0.05) is 12.5 Å². The second-order valence-electron chi connectivity index (χ2n) is 17.3. The highest BCUT2D eigenvalue weighted by Crippen LogP contribution is 2.68. The van der Waals surface area contributed by atoms with E-state index in [9.17, 15) is 9.90 Å². The molecule has 4 nitrogen and oxygen atoms in total. The molecule has 4 saturated carbocycles. The van der Waals surface area contributed by atoms with Gasteiger partial charge in [0.25, 0.3) is 8.32 Å². The minimum atomic E-state index is -2.62. The van der Waals surface area contributed by atoms with E-state index < -0.39 is 8.32 Å². The molecule has 0 aliphatic heterocycles. The van der Waals surface area contributed by atoms with Gasteiger partial charge >= 0.3 is 5.97 Å². The maximum atomic E-state index is 12.1. The van der Waals surface area contributed by atoms with Gasteiger partial charge in [0.2, 0.25) is 0 Å². The normalized spacial score (nSPS) is 36.7. The van der Waals surface area contributed by atoms with Gasteiger partial charge in [0.1, 0.15) is 0 Å². The van der Waals surface area contributed by atoms with Crippen molar-refractivity contribution >= 4 is 24.7 Å². The van der Waals surface area contributed by atoms with Gasteiger partial charge in [-0.1, -0.05) is 102 Å². The van der Waals surface area contributed by atoms with Gasteiger partial charge in [-0.3, -0.25) is 4.79 Å². The van der Waals surface area contributed by atoms with Crippen molar-refractivity contribution in [3.05, 3.63) is 60.7 Å². The van der Waals surface area contributed by atoms with Crippen LogP contribution in [0.3, 0.4) is 0 Å². The van der Waals surface area contributed by atoms with Crippen molar-refractivity contribution in [3.8, 4) is 0 Å². The third-order valence-corrected chi connectivity index (χ3v) is 19.3. The lowest BCUT2D eigenvalue weighted by atomic mass is 9.43. The van der Waals surface area contributed by atoms with E-state index in [1.807, 2.05) is 0 Å². The summed E-state index contributed by atoms with van der Waals surface area (Å²) in [5.41, 5.74) is 0.510. The van der Waals surface area contributed by atoms with E-state index in [0.29, 0.717) is 41.9 Å². The number of aliphatic hydroxyl groups is 1. The lowest BCUT2D eigenvalue weighted by molar-refractivity contribution is -0.173. The average molecular weight is 645 g/mol. The van der Waals surface area contributed by atoms with Gasteiger partial charge in [-0.05, 0) is 120 Å². The summed E-state index contributed by atoms with van der Waals surface area (Å²) in [5.74, 6) is 3.08. The lowest BCUT2D eigenvalue weighted by Gasteiger charge is -2.63. The molecule has 5 heteroatoms. The fourth-order valence-corrected chi connectivity index (χ4v) is 16.6. The summed E-state index contributed by atoms with van der Waals surface area (Å²) in [7, 11) is -1.13. The second-order valence-corrected chi connectivity index (χ2v) is 21.5. The second kappa shape index (κ2) is 12.8. The average Bonchev–Trinajstić information content (AvgIpc) is 3.40. The summed E-state index contributed by atoms with van der Waals surface area (Å²) in [6.07, 6.45) is 10.6. The minimum Gasteiger partial charge on any atom is -0.469 e. The maximum Gasteiger partial charge on any atom is 0.305 e. The molecule has 0 radical (unpaired) electrons. The van der Waals surface area contributed by atoms with Crippen LogP contribution in [0.1, 0.15) is 106 Å². The summed E-state index contributed by atoms with van der Waals surface area (Å²) < 4.78 is 12.6. The molecule has 0 amide bonds. The number of methoxy groups -OCH3 is 1. The van der Waals surface area contributed by atoms with Gasteiger partial charge < -0.3 is 14.3 Å². The molecule has 2 aromatic carbocycles. The van der Waals surface area contributed by atoms with Gasteiger partial charge in [-0.25, -0.2) is 0 Å². The molecule has 4 fully saturated rings. The van der Waals surface area contributed by atoms with Crippen LogP contribution in [0, 0.1) is 46.3 Å². The molecule has 10 atom stereocenters. The summed E-state index contributed by atoms with van der Waals surface area (Å²) in [6, 6.07) is 22.1. The third kappa shape index (κ3) is 5.64. The highest BCUT2D eigenvalue weighted by molar-refractivity contribution is 6.99. The highest BCUT2D eigenvalue weighted by Gasteiger charge is 2.63. The standard InChI is InChI=1S/C41H60O4Si/c1-28(18-21-37(43)44-7)33-19-20-34-38-35(23-25-41(33,34)6)40(5)24-22-30(26-29(40)27-36(38)42)45-46(39(2,3)4,31-14-10-8-11-15-31)32-16-12-9-13-17-32/h8-17,28-30,33-36,38,42H,18-27H2,1-7H3/t28-,29?,30-,33-,34+,35+,36-,38+,40+,41-/m1/s1. The molecular formula is C41H60O4Si. The van der Waals surface area contributed by atoms with Crippen molar-refractivity contribution in [1.29, 1.82) is 0 Å². The monoisotopic (exact) mass is 644 g/mol. The Morgan fingerprint density at radius 1 is 0.891 bits per heavy atom. The molecule has 0 aromatic heterocycles. The van der Waals surface area contributed by atoms with Crippen LogP contribution in [-0.2, 0) is 14.0 Å². The molecule has 0 heterocycles. The van der Waals surface area contributed by atoms with Crippen molar-refractivity contribution in [1.82, 2.24) is 0 Å². The Kier molecular flexibility index (Phi) is 9.46. The molecule has 0 bridgehead atoms. The Morgan fingerprint density at radius 2 is 1.48 bits per heavy atom. The first-order valence-electron chi connectivity index (χ1n) is 18.4. The fourth-order valence-electron chi connectivity index (χ4n) is 11.9. The zero-order chi connectivity index (χ0) is 32.9. The largest absolute Gasteiger partial charge is 0.469 e. The predicted molar refractivity (Wildman–Crippen MR) is 190 cm³/mol. The molecule has 0 spiro atoms. The van der Waals surface area contributed by atoms with Gasteiger partial charge in [-0.15, -0.1) is 0 Å². The SMILES string of the molecule is COC(=O)CC[C@@H](C)[C@H]1CC[C@H]2[C@@H]3[C@H](O)CC4C[C@H](O[Si](c5ccccc5)(c5ccccc5)C(C)(C)C)CC[C@]4(C)[C@H]3CC[C@]12C. The van der Waals surface area contributed by atoms with E-state index >= 15 is 0 Å². The van der Waals surface area contributed by atoms with E-state index in [-0.39, 0.29) is 34.0 Å². The summed E-state index contributed by atoms with van der Waals surface area (Å²) in [5, 5.41) is 14.7. The van der Waals surface area contributed by atoms with Crippen LogP contribution in [0.15, 0.2) is 60.7 Å². The number of rotatable bonds is 8. The van der Waals surface area contributed by atoms with Crippen LogP contribution >= 0.6 is 0 Å². The van der Waals surface area contributed by atoms with Gasteiger partial charge in [0.05, 0.1) is 13.2 Å². The van der Waals surface area contributed by atoms with Crippen molar-refractivity contribution < 1.29 is 19.1 Å². The van der Waals surface area contributed by atoms with E-state index in [2.05, 4.69) is 102 Å². The highest BCUT2D eigenvalue weighted by atomic mass is 28.4. The molecule has 4 aliphatic carbocycles. The molecule has 1 N–H and O–H groups in total. The number of ether oxygens (including phenoxy) is 1. The van der Waals surface area contributed by atoms with Crippen molar-refractivity contribution in [3.63, 3.8) is 0 Å². The first-order valence-corrected chi connectivity index (χ1v) is 20.3. The van der Waals surface area contributed by atoms with E-state index in [1.54, 1.807) is 0 Å². The number of aliphatic hydroxyl groups excluding tert-OH is 1. The van der Waals surface area contributed by atoms with Gasteiger partial charge in [0.15, 0.2) is 0 Å². The number of carbonyl (C=O) groups excluding carboxylic acids is 1. The van der Waals surface area contributed by atoms with Crippen molar-refractivity contribution in [2.75, 3.05) is 7.11 Å². The van der Waals surface area contributed by atoms with Crippen LogP contribution in [0.25, 0.3) is 0 Å². The van der Waals surface area contributed by atoms with Crippen LogP contribution in [0.2, 0.25) is 5.04 Å². The topological polar surface area (TPSA) is 55.8 Å². The van der Waals surface area contributed by atoms with Crippen molar-refractivity contribution in [2.45, 2.75) is 123 Å². The zero-order valence-corrected chi connectivity index (χ0v) is 30.6.